The quantitative estimate of drug-likeness (QED) is 0.888. The van der Waals surface area contributed by atoms with Crippen molar-refractivity contribution in [3.63, 3.8) is 0 Å². The van der Waals surface area contributed by atoms with Crippen LogP contribution in [0.2, 0.25) is 0 Å². The summed E-state index contributed by atoms with van der Waals surface area (Å²) in [5.41, 5.74) is 1.23. The van der Waals surface area contributed by atoms with Gasteiger partial charge in [0.15, 0.2) is 0 Å². The van der Waals surface area contributed by atoms with Crippen LogP contribution in [0.15, 0.2) is 24.3 Å². The minimum absolute atomic E-state index is 0.301. The molecular formula is C15H23NO2. The number of rotatable bonds is 4. The van der Waals surface area contributed by atoms with Gasteiger partial charge in [-0.1, -0.05) is 18.2 Å². The third-order valence-electron chi connectivity index (χ3n) is 3.93. The third kappa shape index (κ3) is 3.03. The second-order valence-corrected chi connectivity index (χ2v) is 5.22. The number of piperidine rings is 1. The second kappa shape index (κ2) is 6.21. The highest BCUT2D eigenvalue weighted by atomic mass is 16.5. The van der Waals surface area contributed by atoms with Crippen LogP contribution in [-0.4, -0.2) is 36.3 Å². The molecule has 3 heteroatoms. The van der Waals surface area contributed by atoms with Crippen molar-refractivity contribution in [3.05, 3.63) is 29.8 Å². The molecule has 2 rings (SSSR count). The van der Waals surface area contributed by atoms with Gasteiger partial charge in [-0.25, -0.2) is 0 Å². The highest BCUT2D eigenvalue weighted by molar-refractivity contribution is 5.33. The summed E-state index contributed by atoms with van der Waals surface area (Å²) >= 11 is 0. The zero-order valence-electron chi connectivity index (χ0n) is 11.3. The monoisotopic (exact) mass is 249 g/mol. The van der Waals surface area contributed by atoms with E-state index in [1.54, 1.807) is 7.11 Å². The van der Waals surface area contributed by atoms with Gasteiger partial charge in [0.1, 0.15) is 5.75 Å². The lowest BCUT2D eigenvalue weighted by molar-refractivity contribution is 0.0765. The van der Waals surface area contributed by atoms with Crippen LogP contribution in [0.1, 0.15) is 25.3 Å². The maximum absolute atomic E-state index is 9.31. The molecule has 0 saturated carbocycles. The van der Waals surface area contributed by atoms with Crippen LogP contribution in [-0.2, 0) is 6.54 Å². The Kier molecular flexibility index (Phi) is 4.61. The van der Waals surface area contributed by atoms with E-state index in [1.165, 1.54) is 12.0 Å². The van der Waals surface area contributed by atoms with Gasteiger partial charge in [-0.05, 0) is 31.7 Å². The van der Waals surface area contributed by atoms with E-state index in [9.17, 15) is 5.11 Å². The van der Waals surface area contributed by atoms with E-state index in [2.05, 4.69) is 24.0 Å². The number of hydrogen-bond acceptors (Lipinski definition) is 3. The summed E-state index contributed by atoms with van der Waals surface area (Å²) in [6.07, 6.45) is 2.31. The number of para-hydroxylation sites is 1. The largest absolute Gasteiger partial charge is 0.496 e. The number of benzene rings is 1. The molecule has 1 heterocycles. The molecule has 1 N–H and O–H groups in total. The third-order valence-corrected chi connectivity index (χ3v) is 3.93. The van der Waals surface area contributed by atoms with Gasteiger partial charge in [-0.3, -0.25) is 4.90 Å². The number of aliphatic hydroxyl groups excluding tert-OH is 1. The number of aliphatic hydroxyl groups is 1. The van der Waals surface area contributed by atoms with Crippen molar-refractivity contribution in [2.24, 2.45) is 5.92 Å². The second-order valence-electron chi connectivity index (χ2n) is 5.22. The van der Waals surface area contributed by atoms with Crippen molar-refractivity contribution in [2.45, 2.75) is 32.4 Å². The maximum Gasteiger partial charge on any atom is 0.123 e. The first-order valence-corrected chi connectivity index (χ1v) is 6.71. The van der Waals surface area contributed by atoms with Gasteiger partial charge in [0.25, 0.3) is 0 Å². The van der Waals surface area contributed by atoms with Gasteiger partial charge in [0.2, 0.25) is 0 Å². The molecule has 1 fully saturated rings. The van der Waals surface area contributed by atoms with Gasteiger partial charge in [-0.2, -0.15) is 0 Å². The van der Waals surface area contributed by atoms with E-state index >= 15 is 0 Å². The SMILES string of the molecule is COc1ccccc1CN1CC(CO)CCC1C. The Morgan fingerprint density at radius 1 is 1.33 bits per heavy atom. The molecule has 0 amide bonds. The van der Waals surface area contributed by atoms with Crippen molar-refractivity contribution < 1.29 is 9.84 Å². The predicted octanol–water partition coefficient (Wildman–Crippen LogP) is 2.29. The number of methoxy groups -OCH3 is 1. The van der Waals surface area contributed by atoms with Crippen LogP contribution in [0.4, 0.5) is 0 Å². The minimum Gasteiger partial charge on any atom is -0.496 e. The van der Waals surface area contributed by atoms with Crippen molar-refractivity contribution in [1.29, 1.82) is 0 Å². The molecule has 0 radical (unpaired) electrons. The van der Waals surface area contributed by atoms with Crippen LogP contribution in [0.3, 0.4) is 0 Å². The zero-order valence-corrected chi connectivity index (χ0v) is 11.3. The lowest BCUT2D eigenvalue weighted by Crippen LogP contribution is -2.42. The molecule has 3 nitrogen and oxygen atoms in total. The summed E-state index contributed by atoms with van der Waals surface area (Å²) in [4.78, 5) is 2.45. The Morgan fingerprint density at radius 3 is 2.83 bits per heavy atom. The molecule has 1 saturated heterocycles. The molecule has 0 aliphatic carbocycles. The lowest BCUT2D eigenvalue weighted by Gasteiger charge is -2.37. The number of hydrogen-bond donors (Lipinski definition) is 1. The summed E-state index contributed by atoms with van der Waals surface area (Å²) < 4.78 is 5.40. The van der Waals surface area contributed by atoms with Gasteiger partial charge in [0.05, 0.1) is 7.11 Å². The molecule has 2 unspecified atom stereocenters. The summed E-state index contributed by atoms with van der Waals surface area (Å²) in [5.74, 6) is 1.38. The van der Waals surface area contributed by atoms with E-state index in [-0.39, 0.29) is 0 Å². The van der Waals surface area contributed by atoms with E-state index < -0.39 is 0 Å². The lowest BCUT2D eigenvalue weighted by atomic mass is 9.93. The van der Waals surface area contributed by atoms with Crippen LogP contribution in [0.25, 0.3) is 0 Å². The highest BCUT2D eigenvalue weighted by Crippen LogP contribution is 2.26. The summed E-state index contributed by atoms with van der Waals surface area (Å²) in [6.45, 7) is 4.45. The fourth-order valence-electron chi connectivity index (χ4n) is 2.68. The Bertz CT molecular complexity index is 381. The molecule has 100 valence electrons. The first-order valence-electron chi connectivity index (χ1n) is 6.71. The van der Waals surface area contributed by atoms with E-state index in [0.29, 0.717) is 18.6 Å². The van der Waals surface area contributed by atoms with Crippen LogP contribution >= 0.6 is 0 Å². The van der Waals surface area contributed by atoms with E-state index in [4.69, 9.17) is 4.74 Å². The van der Waals surface area contributed by atoms with Crippen LogP contribution in [0, 0.1) is 5.92 Å². The summed E-state index contributed by atoms with van der Waals surface area (Å²) in [7, 11) is 1.72. The minimum atomic E-state index is 0.301. The normalized spacial score (nSPS) is 25.1. The standard InChI is InChI=1S/C15H23NO2/c1-12-7-8-13(11-17)9-16(12)10-14-5-3-4-6-15(14)18-2/h3-6,12-13,17H,7-11H2,1-2H3. The molecule has 1 aliphatic heterocycles. The predicted molar refractivity (Wildman–Crippen MR) is 72.7 cm³/mol. The number of ether oxygens (including phenoxy) is 1. The van der Waals surface area contributed by atoms with E-state index in [1.807, 2.05) is 12.1 Å². The Labute approximate surface area is 109 Å². The van der Waals surface area contributed by atoms with Crippen molar-refractivity contribution >= 4 is 0 Å². The molecule has 1 aromatic carbocycles. The zero-order chi connectivity index (χ0) is 13.0. The van der Waals surface area contributed by atoms with Gasteiger partial charge >= 0.3 is 0 Å². The number of nitrogens with zero attached hydrogens (tertiary/aromatic N) is 1. The summed E-state index contributed by atoms with van der Waals surface area (Å²) in [6, 6.07) is 8.76. The summed E-state index contributed by atoms with van der Waals surface area (Å²) in [5, 5.41) is 9.31. The molecule has 0 bridgehead atoms. The van der Waals surface area contributed by atoms with Gasteiger partial charge in [-0.15, -0.1) is 0 Å². The Morgan fingerprint density at radius 2 is 2.11 bits per heavy atom. The first-order chi connectivity index (χ1) is 8.74. The Balaban J connectivity index is 2.07. The fraction of sp³-hybridized carbons (Fsp3) is 0.600. The van der Waals surface area contributed by atoms with Gasteiger partial charge < -0.3 is 9.84 Å². The topological polar surface area (TPSA) is 32.7 Å². The molecule has 1 aliphatic rings. The average Bonchev–Trinajstić information content (AvgIpc) is 2.42. The van der Waals surface area contributed by atoms with Crippen molar-refractivity contribution in [1.82, 2.24) is 4.90 Å². The molecule has 2 atom stereocenters. The molecule has 0 aromatic heterocycles. The average molecular weight is 249 g/mol. The highest BCUT2D eigenvalue weighted by Gasteiger charge is 2.25. The molecular weight excluding hydrogens is 226 g/mol. The smallest absolute Gasteiger partial charge is 0.123 e. The van der Waals surface area contributed by atoms with Crippen LogP contribution < -0.4 is 4.74 Å². The maximum atomic E-state index is 9.31. The fourth-order valence-corrected chi connectivity index (χ4v) is 2.68. The van der Waals surface area contributed by atoms with Crippen molar-refractivity contribution in [3.8, 4) is 5.75 Å². The molecule has 0 spiro atoms. The van der Waals surface area contributed by atoms with E-state index in [0.717, 1.165) is 25.3 Å². The van der Waals surface area contributed by atoms with Gasteiger partial charge in [0, 0.05) is 31.3 Å². The first kappa shape index (κ1) is 13.4. The van der Waals surface area contributed by atoms with Crippen molar-refractivity contribution in [2.75, 3.05) is 20.3 Å². The Hall–Kier alpha value is -1.06. The van der Waals surface area contributed by atoms with Crippen LogP contribution in [0.5, 0.6) is 5.75 Å². The molecule has 1 aromatic rings. The number of likely N-dealkylation sites (tertiary alicyclic amines) is 1. The molecule has 18 heavy (non-hydrogen) atoms.